The lowest BCUT2D eigenvalue weighted by atomic mass is 10.0. The van der Waals surface area contributed by atoms with Crippen molar-refractivity contribution in [2.75, 3.05) is 26.3 Å². The molecule has 1 aliphatic heterocycles. The summed E-state index contributed by atoms with van der Waals surface area (Å²) < 4.78 is 12.9. The second-order valence-electron chi connectivity index (χ2n) is 13.0. The maximum Gasteiger partial charge on any atom is 0.170 e. The summed E-state index contributed by atoms with van der Waals surface area (Å²) in [6.07, 6.45) is 51.5. The Bertz CT molecular complexity index is 637. The SMILES string of the molecule is CCCCCC=CCC=CCCCCCCCCOC1(OCCCCCCCCC=CCC=CCCCCC)CCNCC1. The Morgan fingerprint density at radius 3 is 1.16 bits per heavy atom. The van der Waals surface area contributed by atoms with Gasteiger partial charge in [-0.2, -0.15) is 0 Å². The topological polar surface area (TPSA) is 30.5 Å². The van der Waals surface area contributed by atoms with Crippen LogP contribution < -0.4 is 5.32 Å². The van der Waals surface area contributed by atoms with Crippen molar-refractivity contribution in [3.63, 3.8) is 0 Å². The lowest BCUT2D eigenvalue weighted by Crippen LogP contribution is -2.46. The molecule has 0 unspecified atom stereocenters. The Labute approximate surface area is 275 Å². The first-order valence-electron chi connectivity index (χ1n) is 19.4. The Morgan fingerprint density at radius 1 is 0.432 bits per heavy atom. The third kappa shape index (κ3) is 27.2. The predicted molar refractivity (Wildman–Crippen MR) is 195 cm³/mol. The van der Waals surface area contributed by atoms with E-state index in [1.807, 2.05) is 0 Å². The van der Waals surface area contributed by atoms with E-state index in [2.05, 4.69) is 67.8 Å². The molecule has 0 bridgehead atoms. The minimum absolute atomic E-state index is 0.334. The summed E-state index contributed by atoms with van der Waals surface area (Å²) in [6.45, 7) is 8.24. The van der Waals surface area contributed by atoms with Crippen LogP contribution in [-0.2, 0) is 9.47 Å². The molecule has 0 aromatic carbocycles. The number of piperidine rings is 1. The van der Waals surface area contributed by atoms with E-state index < -0.39 is 0 Å². The Morgan fingerprint density at radius 2 is 0.773 bits per heavy atom. The minimum atomic E-state index is -0.334. The van der Waals surface area contributed by atoms with Crippen LogP contribution in [0.15, 0.2) is 48.6 Å². The van der Waals surface area contributed by atoms with Gasteiger partial charge in [-0.15, -0.1) is 0 Å². The monoisotopic (exact) mass is 614 g/mol. The molecule has 44 heavy (non-hydrogen) atoms. The smallest absolute Gasteiger partial charge is 0.170 e. The van der Waals surface area contributed by atoms with Crippen molar-refractivity contribution < 1.29 is 9.47 Å². The Hall–Kier alpha value is -1.16. The molecule has 1 saturated heterocycles. The molecule has 256 valence electrons. The van der Waals surface area contributed by atoms with E-state index in [9.17, 15) is 0 Å². The van der Waals surface area contributed by atoms with Crippen molar-refractivity contribution in [3.05, 3.63) is 48.6 Å². The maximum absolute atomic E-state index is 6.43. The first kappa shape index (κ1) is 40.9. The minimum Gasteiger partial charge on any atom is -0.350 e. The second kappa shape index (κ2) is 33.2. The average Bonchev–Trinajstić information content (AvgIpc) is 3.04. The zero-order valence-corrected chi connectivity index (χ0v) is 29.6. The van der Waals surface area contributed by atoms with E-state index in [4.69, 9.17) is 9.47 Å². The van der Waals surface area contributed by atoms with Crippen molar-refractivity contribution in [3.8, 4) is 0 Å². The molecule has 0 radical (unpaired) electrons. The van der Waals surface area contributed by atoms with E-state index >= 15 is 0 Å². The van der Waals surface area contributed by atoms with Crippen LogP contribution in [0.1, 0.15) is 181 Å². The molecule has 1 N–H and O–H groups in total. The van der Waals surface area contributed by atoms with Gasteiger partial charge >= 0.3 is 0 Å². The highest BCUT2D eigenvalue weighted by Gasteiger charge is 2.33. The van der Waals surface area contributed by atoms with Crippen LogP contribution in [0.5, 0.6) is 0 Å². The van der Waals surface area contributed by atoms with Crippen molar-refractivity contribution in [1.29, 1.82) is 0 Å². The van der Waals surface area contributed by atoms with E-state index in [0.29, 0.717) is 0 Å². The molecule has 1 aliphatic rings. The maximum atomic E-state index is 6.43. The summed E-state index contributed by atoms with van der Waals surface area (Å²) in [4.78, 5) is 0. The van der Waals surface area contributed by atoms with Crippen LogP contribution in [0.4, 0.5) is 0 Å². The Kier molecular flexibility index (Phi) is 30.8. The van der Waals surface area contributed by atoms with E-state index in [1.165, 1.54) is 128 Å². The van der Waals surface area contributed by atoms with Crippen LogP contribution in [0.3, 0.4) is 0 Å². The number of allylic oxidation sites excluding steroid dienone is 8. The van der Waals surface area contributed by atoms with Gasteiger partial charge in [-0.25, -0.2) is 0 Å². The zero-order chi connectivity index (χ0) is 31.5. The van der Waals surface area contributed by atoms with Gasteiger partial charge in [0.05, 0.1) is 13.2 Å². The molecule has 0 spiro atoms. The number of ether oxygens (including phenoxy) is 2. The molecular formula is C41H75NO2. The molecule has 3 nitrogen and oxygen atoms in total. The molecule has 3 heteroatoms. The largest absolute Gasteiger partial charge is 0.350 e. The fourth-order valence-electron chi connectivity index (χ4n) is 5.83. The molecule has 0 amide bonds. The number of hydrogen-bond donors (Lipinski definition) is 1. The van der Waals surface area contributed by atoms with Crippen molar-refractivity contribution in [1.82, 2.24) is 5.32 Å². The van der Waals surface area contributed by atoms with Gasteiger partial charge in [-0.3, -0.25) is 0 Å². The van der Waals surface area contributed by atoms with Crippen LogP contribution in [-0.4, -0.2) is 32.1 Å². The summed E-state index contributed by atoms with van der Waals surface area (Å²) in [6, 6.07) is 0. The first-order chi connectivity index (χ1) is 21.8. The molecule has 0 aromatic heterocycles. The fraction of sp³-hybridized carbons (Fsp3) is 0.805. The van der Waals surface area contributed by atoms with Crippen LogP contribution in [0.2, 0.25) is 0 Å². The van der Waals surface area contributed by atoms with Crippen LogP contribution in [0.25, 0.3) is 0 Å². The van der Waals surface area contributed by atoms with Gasteiger partial charge < -0.3 is 14.8 Å². The standard InChI is InChI=1S/C41H75NO2/c1-3-5-7-9-11-13-15-17-19-21-23-25-27-29-31-33-39-43-41(35-37-42-38-36-41)44-40-34-32-30-28-26-24-22-20-18-16-14-12-10-8-6-4-2/h11-14,17-20,42H,3-10,15-16,21-40H2,1-2H3. The van der Waals surface area contributed by atoms with Gasteiger partial charge in [0.25, 0.3) is 0 Å². The van der Waals surface area contributed by atoms with Gasteiger partial charge in [0, 0.05) is 25.9 Å². The summed E-state index contributed by atoms with van der Waals surface area (Å²) in [5.74, 6) is -0.334. The molecule has 0 atom stereocenters. The number of nitrogens with one attached hydrogen (secondary N) is 1. The molecule has 1 heterocycles. The molecule has 0 saturated carbocycles. The van der Waals surface area contributed by atoms with Gasteiger partial charge in [0.1, 0.15) is 0 Å². The quantitative estimate of drug-likeness (QED) is 0.0465. The van der Waals surface area contributed by atoms with Gasteiger partial charge in [0.15, 0.2) is 5.79 Å². The van der Waals surface area contributed by atoms with Crippen molar-refractivity contribution in [2.24, 2.45) is 0 Å². The van der Waals surface area contributed by atoms with Crippen LogP contribution in [0, 0.1) is 0 Å². The normalized spacial score (nSPS) is 15.6. The first-order valence-corrected chi connectivity index (χ1v) is 19.4. The summed E-state index contributed by atoms with van der Waals surface area (Å²) >= 11 is 0. The molecule has 0 aromatic rings. The average molecular weight is 614 g/mol. The van der Waals surface area contributed by atoms with Crippen molar-refractivity contribution >= 4 is 0 Å². The number of unbranched alkanes of at least 4 members (excludes halogenated alkanes) is 18. The van der Waals surface area contributed by atoms with Gasteiger partial charge in [0.2, 0.25) is 0 Å². The number of rotatable bonds is 32. The molecule has 1 fully saturated rings. The second-order valence-corrected chi connectivity index (χ2v) is 13.0. The van der Waals surface area contributed by atoms with Crippen molar-refractivity contribution in [2.45, 2.75) is 187 Å². The fourth-order valence-corrected chi connectivity index (χ4v) is 5.83. The summed E-state index contributed by atoms with van der Waals surface area (Å²) in [5, 5.41) is 3.48. The lowest BCUT2D eigenvalue weighted by molar-refractivity contribution is -0.250. The highest BCUT2D eigenvalue weighted by atomic mass is 16.7. The highest BCUT2D eigenvalue weighted by molar-refractivity contribution is 4.93. The number of hydrogen-bond acceptors (Lipinski definition) is 3. The Balaban J connectivity index is 1.96. The third-order valence-electron chi connectivity index (χ3n) is 8.79. The van der Waals surface area contributed by atoms with Gasteiger partial charge in [-0.05, 0) is 77.0 Å². The lowest BCUT2D eigenvalue weighted by Gasteiger charge is -2.37. The van der Waals surface area contributed by atoms with Crippen LogP contribution >= 0.6 is 0 Å². The summed E-state index contributed by atoms with van der Waals surface area (Å²) in [7, 11) is 0. The zero-order valence-electron chi connectivity index (χ0n) is 29.6. The summed E-state index contributed by atoms with van der Waals surface area (Å²) in [5.41, 5.74) is 0. The predicted octanol–water partition coefficient (Wildman–Crippen LogP) is 12.7. The highest BCUT2D eigenvalue weighted by Crippen LogP contribution is 2.26. The van der Waals surface area contributed by atoms with E-state index in [1.54, 1.807) is 0 Å². The molecule has 1 rings (SSSR count). The van der Waals surface area contributed by atoms with E-state index in [0.717, 1.165) is 64.8 Å². The molecular weight excluding hydrogens is 538 g/mol. The molecule has 0 aliphatic carbocycles. The third-order valence-corrected chi connectivity index (χ3v) is 8.79. The van der Waals surface area contributed by atoms with E-state index in [-0.39, 0.29) is 5.79 Å². The van der Waals surface area contributed by atoms with Gasteiger partial charge in [-0.1, -0.05) is 140 Å².